The first-order chi connectivity index (χ1) is 7.75. The summed E-state index contributed by atoms with van der Waals surface area (Å²) < 4.78 is 5.89. The van der Waals surface area contributed by atoms with E-state index in [9.17, 15) is 0 Å². The normalized spacial score (nSPS) is 19.3. The van der Waals surface area contributed by atoms with Crippen LogP contribution in [0.2, 0.25) is 0 Å². The molecule has 0 aromatic heterocycles. The van der Waals surface area contributed by atoms with Gasteiger partial charge in [0.1, 0.15) is 0 Å². The summed E-state index contributed by atoms with van der Waals surface area (Å²) in [5, 5.41) is 3.43. The first-order valence-corrected chi connectivity index (χ1v) is 6.19. The van der Waals surface area contributed by atoms with Crippen molar-refractivity contribution in [2.75, 3.05) is 18.5 Å². The molecule has 1 aromatic rings. The molecule has 2 rings (SSSR count). The van der Waals surface area contributed by atoms with Gasteiger partial charge in [-0.05, 0) is 24.0 Å². The van der Waals surface area contributed by atoms with E-state index in [0.29, 0.717) is 6.10 Å². The first-order valence-electron chi connectivity index (χ1n) is 6.19. The number of anilines is 1. The van der Waals surface area contributed by atoms with E-state index in [-0.39, 0.29) is 0 Å². The molecule has 0 amide bonds. The fourth-order valence-corrected chi connectivity index (χ4v) is 2.00. The number of hydrogen-bond acceptors (Lipinski definition) is 2. The van der Waals surface area contributed by atoms with Crippen molar-refractivity contribution in [2.24, 2.45) is 5.92 Å². The summed E-state index contributed by atoms with van der Waals surface area (Å²) >= 11 is 0. The lowest BCUT2D eigenvalue weighted by Crippen LogP contribution is -2.30. The molecule has 2 nitrogen and oxygen atoms in total. The predicted molar refractivity (Wildman–Crippen MR) is 67.8 cm³/mol. The topological polar surface area (TPSA) is 21.3 Å². The molecule has 0 aliphatic carbocycles. The highest BCUT2D eigenvalue weighted by Crippen LogP contribution is 2.22. The molecule has 1 heterocycles. The smallest absolute Gasteiger partial charge is 0.0788 e. The van der Waals surface area contributed by atoms with Crippen molar-refractivity contribution in [3.8, 4) is 0 Å². The Morgan fingerprint density at radius 3 is 3.00 bits per heavy atom. The second kappa shape index (κ2) is 5.35. The number of rotatable bonds is 4. The van der Waals surface area contributed by atoms with Gasteiger partial charge in [-0.1, -0.05) is 32.0 Å². The first kappa shape index (κ1) is 11.5. The average Bonchev–Trinajstić information content (AvgIpc) is 2.28. The average molecular weight is 219 g/mol. The molecular formula is C14H21NO. The van der Waals surface area contributed by atoms with Gasteiger partial charge in [-0.15, -0.1) is 0 Å². The second-order valence-electron chi connectivity index (χ2n) is 4.92. The van der Waals surface area contributed by atoms with Gasteiger partial charge in [0.25, 0.3) is 0 Å². The third-order valence-corrected chi connectivity index (χ3v) is 3.03. The SMILES string of the molecule is CC(C)CCOC1CNc2ccccc2C1. The van der Waals surface area contributed by atoms with E-state index < -0.39 is 0 Å². The monoisotopic (exact) mass is 219 g/mol. The number of ether oxygens (including phenoxy) is 1. The maximum atomic E-state index is 5.89. The highest BCUT2D eigenvalue weighted by atomic mass is 16.5. The van der Waals surface area contributed by atoms with Crippen molar-refractivity contribution in [3.05, 3.63) is 29.8 Å². The second-order valence-corrected chi connectivity index (χ2v) is 4.92. The molecule has 0 radical (unpaired) electrons. The zero-order valence-electron chi connectivity index (χ0n) is 10.2. The fraction of sp³-hybridized carbons (Fsp3) is 0.571. The van der Waals surface area contributed by atoms with Crippen LogP contribution in [0.15, 0.2) is 24.3 Å². The number of hydrogen-bond donors (Lipinski definition) is 1. The van der Waals surface area contributed by atoms with E-state index in [2.05, 4.69) is 43.4 Å². The molecule has 0 fully saturated rings. The maximum absolute atomic E-state index is 5.89. The number of fused-ring (bicyclic) bond motifs is 1. The van der Waals surface area contributed by atoms with Gasteiger partial charge >= 0.3 is 0 Å². The number of nitrogens with one attached hydrogen (secondary N) is 1. The summed E-state index contributed by atoms with van der Waals surface area (Å²) in [6.45, 7) is 6.29. The third kappa shape index (κ3) is 2.99. The highest BCUT2D eigenvalue weighted by molar-refractivity contribution is 5.53. The molecule has 1 atom stereocenters. The van der Waals surface area contributed by atoms with Gasteiger partial charge in [0.15, 0.2) is 0 Å². The summed E-state index contributed by atoms with van der Waals surface area (Å²) in [6.07, 6.45) is 2.54. The Labute approximate surface area is 98.0 Å². The number of para-hydroxylation sites is 1. The molecule has 16 heavy (non-hydrogen) atoms. The Morgan fingerprint density at radius 2 is 2.19 bits per heavy atom. The fourth-order valence-electron chi connectivity index (χ4n) is 2.00. The molecule has 1 N–H and O–H groups in total. The van der Waals surface area contributed by atoms with E-state index in [1.165, 1.54) is 11.3 Å². The van der Waals surface area contributed by atoms with Crippen LogP contribution in [-0.2, 0) is 11.2 Å². The molecule has 1 unspecified atom stereocenters. The standard InChI is InChI=1S/C14H21NO/c1-11(2)7-8-16-13-9-12-5-3-4-6-14(12)15-10-13/h3-6,11,13,15H,7-10H2,1-2H3. The molecule has 1 aliphatic heterocycles. The maximum Gasteiger partial charge on any atom is 0.0788 e. The zero-order chi connectivity index (χ0) is 11.4. The summed E-state index contributed by atoms with van der Waals surface area (Å²) in [6, 6.07) is 8.49. The van der Waals surface area contributed by atoms with Crippen LogP contribution in [0.25, 0.3) is 0 Å². The Balaban J connectivity index is 1.83. The Hall–Kier alpha value is -1.02. The van der Waals surface area contributed by atoms with Crippen molar-refractivity contribution in [3.63, 3.8) is 0 Å². The molecule has 2 heteroatoms. The van der Waals surface area contributed by atoms with Gasteiger partial charge < -0.3 is 10.1 Å². The van der Waals surface area contributed by atoms with Gasteiger partial charge in [0.05, 0.1) is 6.10 Å². The number of benzene rings is 1. The van der Waals surface area contributed by atoms with Gasteiger partial charge in [0.2, 0.25) is 0 Å². The van der Waals surface area contributed by atoms with Crippen molar-refractivity contribution in [2.45, 2.75) is 32.8 Å². The van der Waals surface area contributed by atoms with E-state index in [0.717, 1.165) is 31.9 Å². The largest absolute Gasteiger partial charge is 0.382 e. The van der Waals surface area contributed by atoms with Gasteiger partial charge in [-0.3, -0.25) is 0 Å². The van der Waals surface area contributed by atoms with E-state index in [4.69, 9.17) is 4.74 Å². The van der Waals surface area contributed by atoms with Crippen LogP contribution in [0.1, 0.15) is 25.8 Å². The molecule has 1 aromatic carbocycles. The van der Waals surface area contributed by atoms with Crippen LogP contribution in [-0.4, -0.2) is 19.3 Å². The summed E-state index contributed by atoms with van der Waals surface area (Å²) in [7, 11) is 0. The zero-order valence-corrected chi connectivity index (χ0v) is 10.2. The molecule has 0 saturated heterocycles. The van der Waals surface area contributed by atoms with E-state index in [1.807, 2.05) is 0 Å². The van der Waals surface area contributed by atoms with Gasteiger partial charge in [-0.25, -0.2) is 0 Å². The quantitative estimate of drug-likeness (QED) is 0.840. The molecule has 88 valence electrons. The van der Waals surface area contributed by atoms with Crippen molar-refractivity contribution < 1.29 is 4.74 Å². The van der Waals surface area contributed by atoms with Crippen LogP contribution in [0.3, 0.4) is 0 Å². The minimum atomic E-state index is 0.341. The van der Waals surface area contributed by atoms with Crippen LogP contribution in [0, 0.1) is 5.92 Å². The molecule has 0 spiro atoms. The molecule has 0 bridgehead atoms. The Morgan fingerprint density at radius 1 is 1.38 bits per heavy atom. The van der Waals surface area contributed by atoms with Crippen LogP contribution in [0.4, 0.5) is 5.69 Å². The van der Waals surface area contributed by atoms with E-state index >= 15 is 0 Å². The molecule has 1 aliphatic rings. The molecule has 0 saturated carbocycles. The lowest BCUT2D eigenvalue weighted by molar-refractivity contribution is 0.0533. The van der Waals surface area contributed by atoms with Crippen LogP contribution >= 0.6 is 0 Å². The van der Waals surface area contributed by atoms with Gasteiger partial charge in [0, 0.05) is 25.3 Å². The van der Waals surface area contributed by atoms with Crippen molar-refractivity contribution >= 4 is 5.69 Å². The summed E-state index contributed by atoms with van der Waals surface area (Å²) in [4.78, 5) is 0. The Bertz CT molecular complexity index is 335. The Kier molecular flexibility index (Phi) is 3.83. The van der Waals surface area contributed by atoms with Gasteiger partial charge in [-0.2, -0.15) is 0 Å². The minimum Gasteiger partial charge on any atom is -0.382 e. The van der Waals surface area contributed by atoms with Crippen LogP contribution in [0.5, 0.6) is 0 Å². The minimum absolute atomic E-state index is 0.341. The lowest BCUT2D eigenvalue weighted by atomic mass is 10.0. The van der Waals surface area contributed by atoms with Crippen molar-refractivity contribution in [1.29, 1.82) is 0 Å². The van der Waals surface area contributed by atoms with Crippen molar-refractivity contribution in [1.82, 2.24) is 0 Å². The van der Waals surface area contributed by atoms with E-state index in [1.54, 1.807) is 0 Å². The third-order valence-electron chi connectivity index (χ3n) is 3.03. The highest BCUT2D eigenvalue weighted by Gasteiger charge is 2.17. The lowest BCUT2D eigenvalue weighted by Gasteiger charge is -2.26. The summed E-state index contributed by atoms with van der Waals surface area (Å²) in [5.74, 6) is 0.726. The van der Waals surface area contributed by atoms with Crippen LogP contribution < -0.4 is 5.32 Å². The summed E-state index contributed by atoms with van der Waals surface area (Å²) in [5.41, 5.74) is 2.65. The molecular weight excluding hydrogens is 198 g/mol. The predicted octanol–water partition coefficient (Wildman–Crippen LogP) is 3.09.